The molecule has 150 valence electrons. The van der Waals surface area contributed by atoms with E-state index in [0.717, 1.165) is 32.4 Å². The first kappa shape index (κ1) is 20.2. The first-order valence-corrected chi connectivity index (χ1v) is 10.9. The number of hydrogen-bond donors (Lipinski definition) is 1. The van der Waals surface area contributed by atoms with Crippen molar-refractivity contribution in [3.8, 4) is 5.75 Å². The Hall–Kier alpha value is -2.54. The zero-order valence-corrected chi connectivity index (χ0v) is 17.3. The number of rotatable bonds is 5. The fourth-order valence-corrected chi connectivity index (χ4v) is 5.13. The highest BCUT2D eigenvalue weighted by Crippen LogP contribution is 2.27. The van der Waals surface area contributed by atoms with E-state index in [1.165, 1.54) is 0 Å². The van der Waals surface area contributed by atoms with Crippen molar-refractivity contribution in [1.29, 1.82) is 0 Å². The molecule has 6 nitrogen and oxygen atoms in total. The fourth-order valence-electron chi connectivity index (χ4n) is 3.62. The van der Waals surface area contributed by atoms with E-state index in [4.69, 9.17) is 4.74 Å². The Labute approximate surface area is 166 Å². The van der Waals surface area contributed by atoms with Crippen LogP contribution in [0.5, 0.6) is 5.75 Å². The van der Waals surface area contributed by atoms with E-state index in [-0.39, 0.29) is 10.8 Å². The molecule has 1 aliphatic rings. The Balaban J connectivity index is 1.79. The topological polar surface area (TPSA) is 75.7 Å². The second-order valence-corrected chi connectivity index (χ2v) is 8.75. The Morgan fingerprint density at radius 1 is 1.00 bits per heavy atom. The van der Waals surface area contributed by atoms with Gasteiger partial charge < -0.3 is 9.64 Å². The first-order chi connectivity index (χ1) is 13.3. The number of carbonyl (C=O) groups is 1. The van der Waals surface area contributed by atoms with Gasteiger partial charge in [0.15, 0.2) is 0 Å². The molecule has 2 aromatic carbocycles. The number of anilines is 1. The number of aryl methyl sites for hydroxylation is 2. The lowest BCUT2D eigenvalue weighted by Crippen LogP contribution is -2.35. The van der Waals surface area contributed by atoms with Gasteiger partial charge in [0.1, 0.15) is 5.75 Å². The highest BCUT2D eigenvalue weighted by atomic mass is 32.2. The maximum atomic E-state index is 12.9. The van der Waals surface area contributed by atoms with E-state index < -0.39 is 10.0 Å². The SMILES string of the molecule is COc1cc(C)c(S(=O)(=O)Nc2ccc(C(=O)N3CCCCC3)cc2)c(C)c1. The molecule has 0 saturated carbocycles. The number of methoxy groups -OCH3 is 1. The van der Waals surface area contributed by atoms with Gasteiger partial charge in [-0.1, -0.05) is 0 Å². The van der Waals surface area contributed by atoms with Gasteiger partial charge in [-0.05, 0) is 80.6 Å². The summed E-state index contributed by atoms with van der Waals surface area (Å²) in [6, 6.07) is 9.99. The van der Waals surface area contributed by atoms with Crippen molar-refractivity contribution in [1.82, 2.24) is 4.90 Å². The van der Waals surface area contributed by atoms with Crippen molar-refractivity contribution >= 4 is 21.6 Å². The van der Waals surface area contributed by atoms with Crippen LogP contribution in [0, 0.1) is 13.8 Å². The minimum atomic E-state index is -3.75. The quantitative estimate of drug-likeness (QED) is 0.827. The molecule has 0 unspecified atom stereocenters. The third-order valence-corrected chi connectivity index (χ3v) is 6.65. The van der Waals surface area contributed by atoms with E-state index in [2.05, 4.69) is 4.72 Å². The third-order valence-electron chi connectivity index (χ3n) is 4.97. The number of hydrogen-bond acceptors (Lipinski definition) is 4. The van der Waals surface area contributed by atoms with Crippen LogP contribution in [0.25, 0.3) is 0 Å². The van der Waals surface area contributed by atoms with Crippen molar-refractivity contribution in [3.05, 3.63) is 53.1 Å². The molecule has 0 radical (unpaired) electrons. The molecule has 1 N–H and O–H groups in total. The van der Waals surface area contributed by atoms with Gasteiger partial charge in [0.05, 0.1) is 12.0 Å². The molecule has 0 aliphatic carbocycles. The van der Waals surface area contributed by atoms with Gasteiger partial charge in [0, 0.05) is 24.3 Å². The molecule has 0 spiro atoms. The van der Waals surface area contributed by atoms with Crippen LogP contribution >= 0.6 is 0 Å². The fraction of sp³-hybridized carbons (Fsp3) is 0.381. The van der Waals surface area contributed by atoms with Crippen molar-refractivity contribution in [3.63, 3.8) is 0 Å². The smallest absolute Gasteiger partial charge is 0.262 e. The average molecular weight is 403 g/mol. The number of nitrogens with one attached hydrogen (secondary N) is 1. The van der Waals surface area contributed by atoms with Gasteiger partial charge in [0.2, 0.25) is 0 Å². The Morgan fingerprint density at radius 2 is 1.57 bits per heavy atom. The molecule has 1 fully saturated rings. The molecule has 1 heterocycles. The highest BCUT2D eigenvalue weighted by Gasteiger charge is 2.22. The summed E-state index contributed by atoms with van der Waals surface area (Å²) in [5.74, 6) is 0.616. The van der Waals surface area contributed by atoms with E-state index in [9.17, 15) is 13.2 Å². The van der Waals surface area contributed by atoms with Crippen LogP contribution in [0.2, 0.25) is 0 Å². The number of benzene rings is 2. The summed E-state index contributed by atoms with van der Waals surface area (Å²) in [6.07, 6.45) is 3.23. The summed E-state index contributed by atoms with van der Waals surface area (Å²) in [5.41, 5.74) is 2.22. The number of ether oxygens (including phenoxy) is 1. The molecule has 2 aromatic rings. The average Bonchev–Trinajstić information content (AvgIpc) is 2.67. The van der Waals surface area contributed by atoms with Gasteiger partial charge in [-0.3, -0.25) is 9.52 Å². The zero-order chi connectivity index (χ0) is 20.3. The summed E-state index contributed by atoms with van der Waals surface area (Å²) in [7, 11) is -2.21. The lowest BCUT2D eigenvalue weighted by molar-refractivity contribution is 0.0724. The van der Waals surface area contributed by atoms with Gasteiger partial charge in [0.25, 0.3) is 15.9 Å². The summed E-state index contributed by atoms with van der Waals surface area (Å²) >= 11 is 0. The number of sulfonamides is 1. The number of piperidine rings is 1. The summed E-state index contributed by atoms with van der Waals surface area (Å²) in [5, 5.41) is 0. The highest BCUT2D eigenvalue weighted by molar-refractivity contribution is 7.92. The summed E-state index contributed by atoms with van der Waals surface area (Å²) in [4.78, 5) is 14.6. The molecule has 7 heteroatoms. The Bertz CT molecular complexity index is 939. The molecule has 1 amide bonds. The molecule has 0 atom stereocenters. The van der Waals surface area contributed by atoms with Crippen molar-refractivity contribution < 1.29 is 17.9 Å². The van der Waals surface area contributed by atoms with Gasteiger partial charge in [-0.2, -0.15) is 0 Å². The normalized spacial score (nSPS) is 14.6. The molecule has 1 aliphatic heterocycles. The van der Waals surface area contributed by atoms with Crippen molar-refractivity contribution in [2.75, 3.05) is 24.9 Å². The number of nitrogens with zero attached hydrogens (tertiary/aromatic N) is 1. The number of amides is 1. The molecular formula is C21H26N2O4S. The number of likely N-dealkylation sites (tertiary alicyclic amines) is 1. The van der Waals surface area contributed by atoms with Crippen molar-refractivity contribution in [2.45, 2.75) is 38.0 Å². The maximum Gasteiger partial charge on any atom is 0.262 e. The van der Waals surface area contributed by atoms with E-state index in [0.29, 0.717) is 28.1 Å². The standard InChI is InChI=1S/C21H26N2O4S/c1-15-13-19(27-3)14-16(2)20(15)28(25,26)22-18-9-7-17(8-10-18)21(24)23-11-5-4-6-12-23/h7-10,13-14,22H,4-6,11-12H2,1-3H3. The van der Waals surface area contributed by atoms with Crippen LogP contribution in [0.4, 0.5) is 5.69 Å². The number of carbonyl (C=O) groups excluding carboxylic acids is 1. The van der Waals surface area contributed by atoms with E-state index in [1.807, 2.05) is 4.90 Å². The maximum absolute atomic E-state index is 12.9. The van der Waals surface area contributed by atoms with E-state index >= 15 is 0 Å². The largest absolute Gasteiger partial charge is 0.497 e. The van der Waals surface area contributed by atoms with Gasteiger partial charge in [-0.15, -0.1) is 0 Å². The summed E-state index contributed by atoms with van der Waals surface area (Å²) < 4.78 is 33.6. The molecule has 28 heavy (non-hydrogen) atoms. The van der Waals surface area contributed by atoms with Crippen LogP contribution in [-0.4, -0.2) is 39.4 Å². The molecule has 0 aromatic heterocycles. The lowest BCUT2D eigenvalue weighted by atomic mass is 10.1. The van der Waals surface area contributed by atoms with Crippen LogP contribution in [-0.2, 0) is 10.0 Å². The van der Waals surface area contributed by atoms with E-state index in [1.54, 1.807) is 57.4 Å². The first-order valence-electron chi connectivity index (χ1n) is 9.39. The monoisotopic (exact) mass is 402 g/mol. The summed E-state index contributed by atoms with van der Waals surface area (Å²) in [6.45, 7) is 5.04. The second kappa shape index (κ2) is 8.22. The molecule has 0 bridgehead atoms. The predicted octanol–water partition coefficient (Wildman–Crippen LogP) is 3.74. The minimum Gasteiger partial charge on any atom is -0.497 e. The second-order valence-electron chi connectivity index (χ2n) is 7.13. The molecule has 3 rings (SSSR count). The van der Waals surface area contributed by atoms with Crippen LogP contribution in [0.15, 0.2) is 41.3 Å². The van der Waals surface area contributed by atoms with Crippen LogP contribution in [0.1, 0.15) is 40.7 Å². The zero-order valence-electron chi connectivity index (χ0n) is 16.5. The Morgan fingerprint density at radius 3 is 2.11 bits per heavy atom. The lowest BCUT2D eigenvalue weighted by Gasteiger charge is -2.26. The van der Waals surface area contributed by atoms with Gasteiger partial charge >= 0.3 is 0 Å². The van der Waals surface area contributed by atoms with Gasteiger partial charge in [-0.25, -0.2) is 8.42 Å². The van der Waals surface area contributed by atoms with Crippen molar-refractivity contribution in [2.24, 2.45) is 0 Å². The molecule has 1 saturated heterocycles. The Kier molecular flexibility index (Phi) is 5.93. The minimum absolute atomic E-state index is 0.00375. The third kappa shape index (κ3) is 4.30. The van der Waals surface area contributed by atoms with Crippen LogP contribution in [0.3, 0.4) is 0 Å². The predicted molar refractivity (Wildman–Crippen MR) is 109 cm³/mol. The molecular weight excluding hydrogens is 376 g/mol. The van der Waals surface area contributed by atoms with Crippen LogP contribution < -0.4 is 9.46 Å².